The molecule has 0 heterocycles. The van der Waals surface area contributed by atoms with Crippen LogP contribution in [0.25, 0.3) is 0 Å². The number of hydrogen-bond donors (Lipinski definition) is 0. The predicted octanol–water partition coefficient (Wildman–Crippen LogP) is -0.0379. The molecule has 0 saturated heterocycles. The fraction of sp³-hybridized carbons (Fsp3) is 1.00. The molecular formula is C2H8AlO. The molecule has 0 aliphatic carbocycles. The molecule has 0 aliphatic rings. The quantitative estimate of drug-likeness (QED) is 0.362. The van der Waals surface area contributed by atoms with Crippen LogP contribution in [0, 0.1) is 0 Å². The van der Waals surface area contributed by atoms with E-state index in [1.807, 2.05) is 0 Å². The van der Waals surface area contributed by atoms with Crippen LogP contribution < -0.4 is 0 Å². The lowest BCUT2D eigenvalue weighted by molar-refractivity contribution is 0.824. The Balaban J connectivity index is 0. The first-order valence-corrected chi connectivity index (χ1v) is 3.46. The van der Waals surface area contributed by atoms with Crippen LogP contribution in [0.15, 0.2) is 0 Å². The van der Waals surface area contributed by atoms with Crippen LogP contribution in [0.5, 0.6) is 0 Å². The lowest BCUT2D eigenvalue weighted by Crippen LogP contribution is -1.53. The van der Waals surface area contributed by atoms with Gasteiger partial charge in [0.1, 0.15) is 0 Å². The summed E-state index contributed by atoms with van der Waals surface area (Å²) in [5, 5.41) is 0. The van der Waals surface area contributed by atoms with Gasteiger partial charge in [0.2, 0.25) is 0 Å². The summed E-state index contributed by atoms with van der Waals surface area (Å²) in [5.41, 5.74) is 0. The monoisotopic (exact) mass is 75.0 g/mol. The Bertz CT molecular complexity index is 6.00. The fourth-order valence-electron chi connectivity index (χ4n) is 0. The maximum absolute atomic E-state index is 2.21. The van der Waals surface area contributed by atoms with Crippen molar-refractivity contribution in [3.05, 3.63) is 0 Å². The molecule has 2 N–H and O–H groups in total. The highest BCUT2D eigenvalue weighted by Gasteiger charge is 1.46. The van der Waals surface area contributed by atoms with E-state index < -0.39 is 0 Å². The second-order valence-corrected chi connectivity index (χ2v) is 1.73. The van der Waals surface area contributed by atoms with Crippen molar-refractivity contribution in [1.29, 1.82) is 0 Å². The third kappa shape index (κ3) is 22.9. The van der Waals surface area contributed by atoms with Crippen LogP contribution in [-0.4, -0.2) is 20.7 Å². The average Bonchev–Trinajstić information content (AvgIpc) is 0.918. The van der Waals surface area contributed by atoms with Crippen molar-refractivity contribution in [3.8, 4) is 0 Å². The number of hydrogen-bond acceptors (Lipinski definition) is 0. The zero-order valence-corrected chi connectivity index (χ0v) is 4.23. The second-order valence-electron chi connectivity index (χ2n) is 0.577. The molecular weight excluding hydrogens is 67.0 g/mol. The Kier molecular flexibility index (Phi) is 21.5. The van der Waals surface area contributed by atoms with Crippen molar-refractivity contribution in [2.75, 3.05) is 0 Å². The maximum Gasteiger partial charge on any atom is 0.191 e. The average molecular weight is 75.1 g/mol. The third-order valence-electron chi connectivity index (χ3n) is 0. The van der Waals surface area contributed by atoms with Gasteiger partial charge in [-0.25, -0.2) is 0 Å². The van der Waals surface area contributed by atoms with Crippen LogP contribution >= 0.6 is 0 Å². The largest absolute Gasteiger partial charge is 0.412 e. The van der Waals surface area contributed by atoms with E-state index in [1.54, 1.807) is 0 Å². The summed E-state index contributed by atoms with van der Waals surface area (Å²) in [6.45, 7) is 0. The Morgan fingerprint density at radius 1 is 1.25 bits per heavy atom. The van der Waals surface area contributed by atoms with Gasteiger partial charge in [0.15, 0.2) is 15.2 Å². The van der Waals surface area contributed by atoms with E-state index in [0.29, 0.717) is 0 Å². The van der Waals surface area contributed by atoms with Crippen molar-refractivity contribution < 1.29 is 5.48 Å². The van der Waals surface area contributed by atoms with Crippen molar-refractivity contribution in [2.45, 2.75) is 11.6 Å². The first kappa shape index (κ1) is 8.82. The molecule has 2 heteroatoms. The lowest BCUT2D eigenvalue weighted by atomic mass is 11.9. The summed E-state index contributed by atoms with van der Waals surface area (Å²) in [4.78, 5) is 0. The highest BCUT2D eigenvalue weighted by atomic mass is 27.1. The molecule has 0 saturated carbocycles. The van der Waals surface area contributed by atoms with Gasteiger partial charge in [-0.2, -0.15) is 0 Å². The molecule has 0 unspecified atom stereocenters. The summed E-state index contributed by atoms with van der Waals surface area (Å²) in [6.07, 6.45) is 0. The minimum absolute atomic E-state index is 0. The van der Waals surface area contributed by atoms with E-state index in [1.165, 1.54) is 0 Å². The molecule has 0 fully saturated rings. The van der Waals surface area contributed by atoms with Crippen LogP contribution in [0.4, 0.5) is 0 Å². The molecule has 1 radical (unpaired) electrons. The molecule has 4 heavy (non-hydrogen) atoms. The second kappa shape index (κ2) is 9.74. The molecule has 0 spiro atoms. The summed E-state index contributed by atoms with van der Waals surface area (Å²) in [6, 6.07) is 0. The van der Waals surface area contributed by atoms with Gasteiger partial charge in [-0.05, 0) is 0 Å². The van der Waals surface area contributed by atoms with Crippen LogP contribution in [0.3, 0.4) is 0 Å². The van der Waals surface area contributed by atoms with Crippen LogP contribution in [0.2, 0.25) is 11.6 Å². The zero-order chi connectivity index (χ0) is 2.71. The zero-order valence-electron chi connectivity index (χ0n) is 3.08. The van der Waals surface area contributed by atoms with Crippen molar-refractivity contribution >= 4 is 15.2 Å². The maximum atomic E-state index is 2.21. The van der Waals surface area contributed by atoms with Crippen LogP contribution in [0.1, 0.15) is 0 Å². The third-order valence-corrected chi connectivity index (χ3v) is 0. The minimum atomic E-state index is 0. The first-order chi connectivity index (χ1) is 1.41. The molecule has 0 bridgehead atoms. The Labute approximate surface area is 33.0 Å². The molecule has 0 rings (SSSR count). The molecule has 0 atom stereocenters. The van der Waals surface area contributed by atoms with E-state index >= 15 is 0 Å². The van der Waals surface area contributed by atoms with Gasteiger partial charge in [-0.3, -0.25) is 0 Å². The van der Waals surface area contributed by atoms with Crippen molar-refractivity contribution in [3.63, 3.8) is 0 Å². The standard InChI is InChI=1S/2CH3.Al.H2O/h2*1H3;;1H2. The van der Waals surface area contributed by atoms with E-state index in [-0.39, 0.29) is 5.48 Å². The van der Waals surface area contributed by atoms with Gasteiger partial charge in [-0.1, -0.05) is 0 Å². The highest BCUT2D eigenvalue weighted by molar-refractivity contribution is 6.31. The van der Waals surface area contributed by atoms with Crippen molar-refractivity contribution in [1.82, 2.24) is 0 Å². The summed E-state index contributed by atoms with van der Waals surface area (Å²) >= 11 is 0.750. The molecule has 0 aliphatic heterocycles. The normalized spacial score (nSPS) is 3.50. The van der Waals surface area contributed by atoms with Crippen LogP contribution in [-0.2, 0) is 0 Å². The minimum Gasteiger partial charge on any atom is -0.412 e. The molecule has 0 amide bonds. The molecule has 0 aromatic heterocycles. The number of rotatable bonds is 0. The van der Waals surface area contributed by atoms with E-state index in [0.717, 1.165) is 15.2 Å². The fourth-order valence-corrected chi connectivity index (χ4v) is 0. The van der Waals surface area contributed by atoms with Gasteiger partial charge in [0.25, 0.3) is 0 Å². The summed E-state index contributed by atoms with van der Waals surface area (Å²) < 4.78 is 0. The Morgan fingerprint density at radius 2 is 1.25 bits per heavy atom. The van der Waals surface area contributed by atoms with E-state index in [9.17, 15) is 0 Å². The topological polar surface area (TPSA) is 31.5 Å². The Hall–Kier alpha value is 0.492. The van der Waals surface area contributed by atoms with E-state index in [2.05, 4.69) is 11.6 Å². The SMILES string of the molecule is O.[CH3][Al][CH3]. The predicted molar refractivity (Wildman–Crippen MR) is 21.1 cm³/mol. The van der Waals surface area contributed by atoms with E-state index in [4.69, 9.17) is 0 Å². The molecule has 0 aromatic carbocycles. The lowest BCUT2D eigenvalue weighted by Gasteiger charge is -1.38. The van der Waals surface area contributed by atoms with Gasteiger partial charge >= 0.3 is 0 Å². The van der Waals surface area contributed by atoms with Gasteiger partial charge in [-0.15, -0.1) is 11.6 Å². The van der Waals surface area contributed by atoms with Gasteiger partial charge in [0, 0.05) is 0 Å². The molecule has 1 nitrogen and oxygen atoms in total. The molecule has 0 aromatic rings. The van der Waals surface area contributed by atoms with Gasteiger partial charge in [0.05, 0.1) is 0 Å². The molecule has 25 valence electrons. The van der Waals surface area contributed by atoms with Crippen molar-refractivity contribution in [2.24, 2.45) is 0 Å². The summed E-state index contributed by atoms with van der Waals surface area (Å²) in [7, 11) is 0. The first-order valence-electron chi connectivity index (χ1n) is 1.15. The smallest absolute Gasteiger partial charge is 0.191 e. The van der Waals surface area contributed by atoms with Gasteiger partial charge < -0.3 is 5.48 Å². The Morgan fingerprint density at radius 3 is 1.25 bits per heavy atom. The summed E-state index contributed by atoms with van der Waals surface area (Å²) in [5.74, 6) is 4.42. The highest BCUT2D eigenvalue weighted by Crippen LogP contribution is 1.36.